The van der Waals surface area contributed by atoms with Crippen LogP contribution in [0.1, 0.15) is 66.2 Å². The number of fused-ring (bicyclic) bond motifs is 5. The summed E-state index contributed by atoms with van der Waals surface area (Å²) in [6, 6.07) is 0. The number of ether oxygens (including phenoxy) is 1. The molecule has 4 nitrogen and oxygen atoms in total. The van der Waals surface area contributed by atoms with Crippen molar-refractivity contribution in [2.45, 2.75) is 71.8 Å². The van der Waals surface area contributed by atoms with E-state index in [4.69, 9.17) is 4.74 Å². The fourth-order valence-electron chi connectivity index (χ4n) is 6.93. The van der Waals surface area contributed by atoms with Crippen LogP contribution in [0.4, 0.5) is 0 Å². The first-order valence-corrected chi connectivity index (χ1v) is 10.4. The van der Waals surface area contributed by atoms with Gasteiger partial charge in [0.15, 0.2) is 17.2 Å². The van der Waals surface area contributed by atoms with Gasteiger partial charge in [-0.1, -0.05) is 37.6 Å². The third-order valence-corrected chi connectivity index (χ3v) is 8.32. The second-order valence-corrected chi connectivity index (χ2v) is 9.67. The first-order valence-electron chi connectivity index (χ1n) is 10.4. The number of Topliss-reactive ketones (excluding diaryl/α,β-unsaturated/α-hetero) is 1. The number of carbonyl (C=O) groups is 3. The summed E-state index contributed by atoms with van der Waals surface area (Å²) in [5, 5.41) is 0. The summed E-state index contributed by atoms with van der Waals surface area (Å²) >= 11 is 0. The number of esters is 1. The molecule has 2 saturated carbocycles. The molecule has 0 aromatic heterocycles. The van der Waals surface area contributed by atoms with E-state index >= 15 is 0 Å². The first kappa shape index (κ1) is 19.4. The number of rotatable bonds is 2. The topological polar surface area (TPSA) is 60.4 Å². The molecule has 4 rings (SSSR count). The Morgan fingerprint density at radius 1 is 1.21 bits per heavy atom. The van der Waals surface area contributed by atoms with Crippen molar-refractivity contribution in [3.63, 3.8) is 0 Å². The summed E-state index contributed by atoms with van der Waals surface area (Å²) in [6.45, 7) is 11.7. The van der Waals surface area contributed by atoms with Gasteiger partial charge >= 0.3 is 5.97 Å². The highest BCUT2D eigenvalue weighted by molar-refractivity contribution is 5.93. The predicted octanol–water partition coefficient (Wildman–Crippen LogP) is 4.50. The predicted molar refractivity (Wildman–Crippen MR) is 106 cm³/mol. The van der Waals surface area contributed by atoms with E-state index in [0.717, 1.165) is 36.8 Å². The van der Waals surface area contributed by atoms with Gasteiger partial charge in [0.05, 0.1) is 0 Å². The van der Waals surface area contributed by atoms with E-state index in [1.165, 1.54) is 12.5 Å². The van der Waals surface area contributed by atoms with Crippen molar-refractivity contribution in [1.29, 1.82) is 0 Å². The Bertz CT molecular complexity index is 862. The van der Waals surface area contributed by atoms with Gasteiger partial charge in [0, 0.05) is 24.2 Å². The lowest BCUT2D eigenvalue weighted by Gasteiger charge is -2.55. The Kier molecular flexibility index (Phi) is 4.16. The molecule has 150 valence electrons. The SMILES string of the molecule is C=C1C[C@@H]2C(=CC[C@@]3(C)[C@H]2CC[C@]3(OC(C)=O)C(C)=O)[C@@]2(C)CCC(=O)C=C12. The molecule has 0 bridgehead atoms. The Hall–Kier alpha value is -1.97. The fraction of sp³-hybridized carbons (Fsp3) is 0.625. The maximum atomic E-state index is 12.8. The molecular weight excluding hydrogens is 352 g/mol. The molecule has 0 aromatic carbocycles. The number of hydrogen-bond donors (Lipinski definition) is 0. The second kappa shape index (κ2) is 6.01. The standard InChI is InChI=1S/C24H30O4/c1-14-12-18-19(22(4)9-6-17(27)13-21(14)22)7-10-23(5)20(18)8-11-24(23,15(2)25)28-16(3)26/h7,13,18,20H,1,6,8-12H2,2-5H3/t18-,20+,22-,23+,24+/m1/s1. The molecule has 0 aromatic rings. The van der Waals surface area contributed by atoms with Crippen molar-refractivity contribution >= 4 is 17.5 Å². The van der Waals surface area contributed by atoms with Crippen molar-refractivity contribution < 1.29 is 19.1 Å². The third-order valence-electron chi connectivity index (χ3n) is 8.32. The molecular formula is C24H30O4. The van der Waals surface area contributed by atoms with E-state index in [2.05, 4.69) is 26.5 Å². The molecule has 5 atom stereocenters. The van der Waals surface area contributed by atoms with Crippen LogP contribution in [0.2, 0.25) is 0 Å². The van der Waals surface area contributed by atoms with Crippen LogP contribution in [0.5, 0.6) is 0 Å². The average molecular weight is 383 g/mol. The minimum Gasteiger partial charge on any atom is -0.451 e. The molecule has 0 unspecified atom stereocenters. The summed E-state index contributed by atoms with van der Waals surface area (Å²) in [6.07, 6.45) is 8.49. The molecule has 4 heteroatoms. The Morgan fingerprint density at radius 3 is 2.57 bits per heavy atom. The highest BCUT2D eigenvalue weighted by atomic mass is 16.6. The molecule has 0 heterocycles. The molecule has 0 spiro atoms. The smallest absolute Gasteiger partial charge is 0.303 e. The Labute approximate surface area is 167 Å². The highest BCUT2D eigenvalue weighted by Crippen LogP contribution is 2.67. The van der Waals surface area contributed by atoms with Gasteiger partial charge in [-0.3, -0.25) is 14.4 Å². The van der Waals surface area contributed by atoms with Crippen LogP contribution in [-0.2, 0) is 19.1 Å². The zero-order valence-electron chi connectivity index (χ0n) is 17.4. The Morgan fingerprint density at radius 2 is 1.93 bits per heavy atom. The first-order chi connectivity index (χ1) is 13.0. The monoisotopic (exact) mass is 382 g/mol. The zero-order valence-corrected chi connectivity index (χ0v) is 17.4. The van der Waals surface area contributed by atoms with Gasteiger partial charge in [0.1, 0.15) is 0 Å². The van der Waals surface area contributed by atoms with Crippen LogP contribution in [-0.4, -0.2) is 23.1 Å². The van der Waals surface area contributed by atoms with Gasteiger partial charge in [-0.25, -0.2) is 0 Å². The lowest BCUT2D eigenvalue weighted by Crippen LogP contribution is -2.56. The summed E-state index contributed by atoms with van der Waals surface area (Å²) in [7, 11) is 0. The molecule has 0 saturated heterocycles. The minimum absolute atomic E-state index is 0.0470. The molecule has 0 radical (unpaired) electrons. The molecule has 4 aliphatic rings. The lowest BCUT2D eigenvalue weighted by atomic mass is 9.49. The summed E-state index contributed by atoms with van der Waals surface area (Å²) in [4.78, 5) is 36.7. The largest absolute Gasteiger partial charge is 0.451 e. The number of ketones is 2. The summed E-state index contributed by atoms with van der Waals surface area (Å²) in [5.41, 5.74) is 1.98. The average Bonchev–Trinajstić information content (AvgIpc) is 2.90. The number of hydrogen-bond acceptors (Lipinski definition) is 4. The van der Waals surface area contributed by atoms with Crippen LogP contribution in [0.3, 0.4) is 0 Å². The number of carbonyl (C=O) groups excluding carboxylic acids is 3. The van der Waals surface area contributed by atoms with Crippen LogP contribution in [0, 0.1) is 22.7 Å². The molecule has 0 aliphatic heterocycles. The molecule has 2 fully saturated rings. The zero-order chi connectivity index (χ0) is 20.5. The fourth-order valence-corrected chi connectivity index (χ4v) is 6.93. The van der Waals surface area contributed by atoms with Crippen molar-refractivity contribution in [3.8, 4) is 0 Å². The van der Waals surface area contributed by atoms with E-state index in [-0.39, 0.29) is 28.9 Å². The van der Waals surface area contributed by atoms with E-state index in [1.807, 2.05) is 6.08 Å². The molecule has 28 heavy (non-hydrogen) atoms. The van der Waals surface area contributed by atoms with E-state index < -0.39 is 11.0 Å². The van der Waals surface area contributed by atoms with Gasteiger partial charge < -0.3 is 4.74 Å². The maximum Gasteiger partial charge on any atom is 0.303 e. The lowest BCUT2D eigenvalue weighted by molar-refractivity contribution is -0.180. The van der Waals surface area contributed by atoms with E-state index in [0.29, 0.717) is 18.8 Å². The highest BCUT2D eigenvalue weighted by Gasteiger charge is 2.66. The molecule has 0 amide bonds. The minimum atomic E-state index is -1.04. The summed E-state index contributed by atoms with van der Waals surface area (Å²) in [5.74, 6) is 0.318. The second-order valence-electron chi connectivity index (χ2n) is 9.67. The molecule has 4 aliphatic carbocycles. The van der Waals surface area contributed by atoms with E-state index in [1.54, 1.807) is 6.92 Å². The third kappa shape index (κ3) is 2.33. The normalized spacial score (nSPS) is 42.0. The quantitative estimate of drug-likeness (QED) is 0.521. The van der Waals surface area contributed by atoms with Crippen LogP contribution >= 0.6 is 0 Å². The Balaban J connectivity index is 1.81. The van der Waals surface area contributed by atoms with Gasteiger partial charge in [-0.2, -0.15) is 0 Å². The van der Waals surface area contributed by atoms with Crippen molar-refractivity contribution in [2.75, 3.05) is 0 Å². The maximum absolute atomic E-state index is 12.8. The van der Waals surface area contributed by atoms with Gasteiger partial charge in [0.25, 0.3) is 0 Å². The van der Waals surface area contributed by atoms with Gasteiger partial charge in [-0.05, 0) is 62.5 Å². The molecule has 0 N–H and O–H groups in total. The van der Waals surface area contributed by atoms with Crippen LogP contribution in [0.25, 0.3) is 0 Å². The van der Waals surface area contributed by atoms with Gasteiger partial charge in [0.2, 0.25) is 0 Å². The van der Waals surface area contributed by atoms with E-state index in [9.17, 15) is 14.4 Å². The van der Waals surface area contributed by atoms with Crippen molar-refractivity contribution in [2.24, 2.45) is 22.7 Å². The van der Waals surface area contributed by atoms with Crippen LogP contribution in [0.15, 0.2) is 35.5 Å². The van der Waals surface area contributed by atoms with Crippen molar-refractivity contribution in [1.82, 2.24) is 0 Å². The van der Waals surface area contributed by atoms with Gasteiger partial charge in [-0.15, -0.1) is 0 Å². The van der Waals surface area contributed by atoms with Crippen molar-refractivity contribution in [3.05, 3.63) is 35.5 Å². The number of allylic oxidation sites excluding steroid dienone is 5. The summed E-state index contributed by atoms with van der Waals surface area (Å²) < 4.78 is 5.79. The van der Waals surface area contributed by atoms with Crippen LogP contribution < -0.4 is 0 Å².